The maximum Gasteiger partial charge on any atom is 0.267 e. The Morgan fingerprint density at radius 3 is 2.66 bits per heavy atom. The number of nitrogens with zero attached hydrogens (tertiary/aromatic N) is 3. The monoisotopic (exact) mass is 424 g/mol. The molecule has 1 unspecified atom stereocenters. The lowest BCUT2D eigenvalue weighted by molar-refractivity contribution is -0.119. The minimum absolute atomic E-state index is 0.348. The molecule has 0 bridgehead atoms. The van der Waals surface area contributed by atoms with Gasteiger partial charge in [-0.05, 0) is 38.1 Å². The van der Waals surface area contributed by atoms with Crippen molar-refractivity contribution in [3.05, 3.63) is 75.5 Å². The van der Waals surface area contributed by atoms with Crippen LogP contribution in [0.25, 0.3) is 21.5 Å². The number of aromatic nitrogens is 3. The van der Waals surface area contributed by atoms with Crippen molar-refractivity contribution in [3.63, 3.8) is 0 Å². The molecule has 0 aliphatic heterocycles. The molecule has 2 aromatic carbocycles. The first kappa shape index (κ1) is 19.3. The second-order valence-corrected chi connectivity index (χ2v) is 8.13. The molecule has 0 saturated heterocycles. The van der Waals surface area contributed by atoms with Crippen molar-refractivity contribution in [2.75, 3.05) is 5.32 Å². The van der Waals surface area contributed by atoms with Crippen LogP contribution in [0.4, 0.5) is 5.13 Å². The summed E-state index contributed by atoms with van der Waals surface area (Å²) in [6.45, 7) is 3.63. The number of rotatable bonds is 4. The van der Waals surface area contributed by atoms with E-state index in [0.29, 0.717) is 15.8 Å². The topological polar surface area (TPSA) is 76.9 Å². The number of fused-ring (bicyclic) bond motifs is 1. The van der Waals surface area contributed by atoms with Crippen LogP contribution in [0.15, 0.2) is 59.4 Å². The number of nitrogens with one attached hydrogen (secondary N) is 1. The zero-order valence-electron chi connectivity index (χ0n) is 15.7. The zero-order valence-corrected chi connectivity index (χ0v) is 17.3. The first-order chi connectivity index (χ1) is 13.9. The van der Waals surface area contributed by atoms with E-state index in [9.17, 15) is 9.59 Å². The number of benzene rings is 2. The molecule has 1 atom stereocenters. The van der Waals surface area contributed by atoms with Gasteiger partial charge >= 0.3 is 0 Å². The van der Waals surface area contributed by atoms with Crippen molar-refractivity contribution in [2.24, 2.45) is 0 Å². The molecule has 6 nitrogen and oxygen atoms in total. The number of amides is 1. The lowest BCUT2D eigenvalue weighted by atomic mass is 10.1. The minimum Gasteiger partial charge on any atom is -0.300 e. The van der Waals surface area contributed by atoms with Crippen LogP contribution in [0.3, 0.4) is 0 Å². The first-order valence-electron chi connectivity index (χ1n) is 8.94. The number of carbonyl (C=O) groups is 1. The molecular formula is C21H17ClN4O2S. The van der Waals surface area contributed by atoms with Crippen LogP contribution in [0, 0.1) is 6.92 Å². The van der Waals surface area contributed by atoms with E-state index >= 15 is 0 Å². The van der Waals surface area contributed by atoms with E-state index in [1.165, 1.54) is 22.1 Å². The fourth-order valence-corrected chi connectivity index (χ4v) is 4.00. The molecule has 2 aromatic heterocycles. The van der Waals surface area contributed by atoms with E-state index in [1.807, 2.05) is 31.2 Å². The highest BCUT2D eigenvalue weighted by Gasteiger charge is 2.19. The fourth-order valence-electron chi connectivity index (χ4n) is 2.85. The van der Waals surface area contributed by atoms with Gasteiger partial charge < -0.3 is 5.32 Å². The lowest BCUT2D eigenvalue weighted by Gasteiger charge is -2.14. The summed E-state index contributed by atoms with van der Waals surface area (Å²) in [7, 11) is 0. The number of hydrogen-bond donors (Lipinski definition) is 1. The van der Waals surface area contributed by atoms with Gasteiger partial charge in [0.1, 0.15) is 6.04 Å². The summed E-state index contributed by atoms with van der Waals surface area (Å²) in [6, 6.07) is 15.4. The minimum atomic E-state index is -0.802. The second-order valence-electron chi connectivity index (χ2n) is 6.66. The predicted molar refractivity (Wildman–Crippen MR) is 117 cm³/mol. The average Bonchev–Trinajstić information content (AvgIpc) is 3.09. The molecular weight excluding hydrogens is 408 g/mol. The molecule has 0 radical (unpaired) electrons. The summed E-state index contributed by atoms with van der Waals surface area (Å²) < 4.78 is 2.06. The third-order valence-corrected chi connectivity index (χ3v) is 5.67. The van der Waals surface area contributed by atoms with Gasteiger partial charge in [0.15, 0.2) is 5.13 Å². The van der Waals surface area contributed by atoms with E-state index < -0.39 is 6.04 Å². The molecule has 0 fully saturated rings. The van der Waals surface area contributed by atoms with Crippen LogP contribution in [0.5, 0.6) is 0 Å². The van der Waals surface area contributed by atoms with Crippen LogP contribution < -0.4 is 10.9 Å². The number of carbonyl (C=O) groups excluding carboxylic acids is 1. The Kier molecular flexibility index (Phi) is 5.17. The Bertz CT molecular complexity index is 1260. The fraction of sp³-hybridized carbons (Fsp3) is 0.143. The summed E-state index contributed by atoms with van der Waals surface area (Å²) in [6.07, 6.45) is 0. The number of anilines is 1. The van der Waals surface area contributed by atoms with E-state index in [-0.39, 0.29) is 11.5 Å². The predicted octanol–water partition coefficient (Wildman–Crippen LogP) is 4.68. The molecule has 0 aliphatic rings. The van der Waals surface area contributed by atoms with Gasteiger partial charge in [0.05, 0.1) is 15.9 Å². The van der Waals surface area contributed by atoms with Crippen LogP contribution >= 0.6 is 22.9 Å². The van der Waals surface area contributed by atoms with Gasteiger partial charge in [-0.3, -0.25) is 9.59 Å². The van der Waals surface area contributed by atoms with E-state index in [2.05, 4.69) is 15.4 Å². The molecule has 0 aliphatic carbocycles. The van der Waals surface area contributed by atoms with Gasteiger partial charge in [-0.1, -0.05) is 52.8 Å². The number of aryl methyl sites for hydroxylation is 1. The molecule has 0 spiro atoms. The Labute approximate surface area is 175 Å². The molecule has 4 aromatic rings. The van der Waals surface area contributed by atoms with Crippen LogP contribution in [0.1, 0.15) is 18.5 Å². The highest BCUT2D eigenvalue weighted by atomic mass is 35.5. The summed E-state index contributed by atoms with van der Waals surface area (Å²) in [5, 5.41) is 8.22. The molecule has 1 N–H and O–H groups in total. The highest BCUT2D eigenvalue weighted by Crippen LogP contribution is 2.28. The quantitative estimate of drug-likeness (QED) is 0.516. The van der Waals surface area contributed by atoms with Gasteiger partial charge in [0, 0.05) is 16.7 Å². The summed E-state index contributed by atoms with van der Waals surface area (Å²) in [5.74, 6) is -0.370. The molecule has 4 rings (SSSR count). The van der Waals surface area contributed by atoms with Crippen molar-refractivity contribution in [2.45, 2.75) is 19.9 Å². The van der Waals surface area contributed by atoms with Gasteiger partial charge in [-0.15, -0.1) is 0 Å². The van der Waals surface area contributed by atoms with Crippen molar-refractivity contribution < 1.29 is 4.79 Å². The van der Waals surface area contributed by atoms with Crippen molar-refractivity contribution in [1.29, 1.82) is 0 Å². The van der Waals surface area contributed by atoms with E-state index in [0.717, 1.165) is 21.3 Å². The van der Waals surface area contributed by atoms with Crippen LogP contribution in [-0.2, 0) is 4.79 Å². The summed E-state index contributed by atoms with van der Waals surface area (Å²) >= 11 is 7.32. The SMILES string of the molecule is Cc1ccc(-c2ccc(=O)n(C(C)C(=O)Nc3nc4ccc(Cl)cc4s3)n2)cc1. The Balaban J connectivity index is 1.59. The van der Waals surface area contributed by atoms with Crippen molar-refractivity contribution in [1.82, 2.24) is 14.8 Å². The Morgan fingerprint density at radius 1 is 1.14 bits per heavy atom. The lowest BCUT2D eigenvalue weighted by Crippen LogP contribution is -2.33. The number of hydrogen-bond acceptors (Lipinski definition) is 5. The molecule has 29 heavy (non-hydrogen) atoms. The van der Waals surface area contributed by atoms with Crippen LogP contribution in [0.2, 0.25) is 5.02 Å². The van der Waals surface area contributed by atoms with Gasteiger partial charge in [0.2, 0.25) is 0 Å². The normalized spacial score (nSPS) is 12.1. The number of halogens is 1. The largest absolute Gasteiger partial charge is 0.300 e. The van der Waals surface area contributed by atoms with Gasteiger partial charge in [-0.2, -0.15) is 5.10 Å². The van der Waals surface area contributed by atoms with Crippen molar-refractivity contribution in [3.8, 4) is 11.3 Å². The Morgan fingerprint density at radius 2 is 1.90 bits per heavy atom. The molecule has 146 valence electrons. The third-order valence-electron chi connectivity index (χ3n) is 4.50. The maximum atomic E-state index is 12.7. The van der Waals surface area contributed by atoms with E-state index in [1.54, 1.807) is 31.2 Å². The average molecular weight is 425 g/mol. The maximum absolute atomic E-state index is 12.7. The van der Waals surface area contributed by atoms with Crippen LogP contribution in [-0.4, -0.2) is 20.7 Å². The number of thiazole rings is 1. The molecule has 1 amide bonds. The van der Waals surface area contributed by atoms with Gasteiger partial charge in [0.25, 0.3) is 11.5 Å². The van der Waals surface area contributed by atoms with Crippen molar-refractivity contribution >= 4 is 44.2 Å². The standard InChI is InChI=1S/C21H17ClN4O2S/c1-12-3-5-14(6-4-12)16-9-10-19(27)26(25-16)13(2)20(28)24-21-23-17-8-7-15(22)11-18(17)29-21/h3-11,13H,1-2H3,(H,23,24,28). The molecule has 0 saturated carbocycles. The van der Waals surface area contributed by atoms with Gasteiger partial charge in [-0.25, -0.2) is 9.67 Å². The smallest absolute Gasteiger partial charge is 0.267 e. The second kappa shape index (κ2) is 7.77. The zero-order chi connectivity index (χ0) is 20.5. The highest BCUT2D eigenvalue weighted by molar-refractivity contribution is 7.22. The van der Waals surface area contributed by atoms with E-state index in [4.69, 9.17) is 11.6 Å². The summed E-state index contributed by atoms with van der Waals surface area (Å²) in [5.41, 5.74) is 3.03. The third kappa shape index (κ3) is 4.06. The molecule has 8 heteroatoms. The Hall–Kier alpha value is -3.03. The molecule has 2 heterocycles. The first-order valence-corrected chi connectivity index (χ1v) is 10.1. The summed E-state index contributed by atoms with van der Waals surface area (Å²) in [4.78, 5) is 29.4.